The average Bonchev–Trinajstić information content (AvgIpc) is 3.21. The van der Waals surface area contributed by atoms with Gasteiger partial charge in [0.25, 0.3) is 0 Å². The number of nitrogens with one attached hydrogen (secondary N) is 1. The van der Waals surface area contributed by atoms with Crippen molar-refractivity contribution in [2.24, 2.45) is 13.0 Å². The predicted octanol–water partition coefficient (Wildman–Crippen LogP) is 0.905. The third-order valence-corrected chi connectivity index (χ3v) is 7.18. The fraction of sp³-hybridized carbons (Fsp3) is 0.562. The van der Waals surface area contributed by atoms with Crippen LogP contribution in [0.25, 0.3) is 0 Å². The van der Waals surface area contributed by atoms with Crippen molar-refractivity contribution in [3.8, 4) is 0 Å². The van der Waals surface area contributed by atoms with Crippen LogP contribution in [0.3, 0.4) is 0 Å². The number of halogens is 1. The van der Waals surface area contributed by atoms with Gasteiger partial charge >= 0.3 is 0 Å². The van der Waals surface area contributed by atoms with Crippen molar-refractivity contribution in [1.82, 2.24) is 29.2 Å². The third kappa shape index (κ3) is 4.41. The lowest BCUT2D eigenvalue weighted by Crippen LogP contribution is -2.45. The first-order valence-corrected chi connectivity index (χ1v) is 11.0. The quantitative estimate of drug-likeness (QED) is 0.692. The number of aromatic nitrogens is 4. The maximum atomic E-state index is 12.9. The van der Waals surface area contributed by atoms with Crippen LogP contribution in [-0.4, -0.2) is 57.8 Å². The molecule has 2 aromatic heterocycles. The average molecular weight is 459 g/mol. The SMILES string of the molecule is Cc1c(S(=O)(=O)N2CCC[C@@H](C(=O)NCCn3cc(Br)cn3)C2)cnn1C. The molecule has 1 N–H and O–H groups in total. The molecule has 9 nitrogen and oxygen atoms in total. The van der Waals surface area contributed by atoms with E-state index in [4.69, 9.17) is 0 Å². The molecule has 1 aliphatic rings. The molecule has 0 radical (unpaired) electrons. The molecule has 148 valence electrons. The lowest BCUT2D eigenvalue weighted by molar-refractivity contribution is -0.126. The van der Waals surface area contributed by atoms with Crippen LogP contribution in [-0.2, 0) is 28.4 Å². The normalized spacial score (nSPS) is 18.6. The highest BCUT2D eigenvalue weighted by Gasteiger charge is 2.34. The Bertz CT molecular complexity index is 922. The molecule has 1 amide bonds. The van der Waals surface area contributed by atoms with Gasteiger partial charge in [0.1, 0.15) is 4.90 Å². The van der Waals surface area contributed by atoms with Crippen molar-refractivity contribution >= 4 is 31.9 Å². The smallest absolute Gasteiger partial charge is 0.246 e. The standard InChI is InChI=1S/C16H23BrN6O3S/c1-12-15(9-19-21(12)2)27(25,26)23-6-3-4-13(10-23)16(24)18-5-7-22-11-14(17)8-20-22/h8-9,11,13H,3-7,10H2,1-2H3,(H,18,24)/t13-/m1/s1. The summed E-state index contributed by atoms with van der Waals surface area (Å²) in [5, 5.41) is 11.0. The molecule has 0 aliphatic carbocycles. The molecule has 11 heteroatoms. The Morgan fingerprint density at radius 1 is 1.37 bits per heavy atom. The Morgan fingerprint density at radius 2 is 2.15 bits per heavy atom. The van der Waals surface area contributed by atoms with Crippen molar-refractivity contribution in [1.29, 1.82) is 0 Å². The Labute approximate surface area is 166 Å². The molecular weight excluding hydrogens is 436 g/mol. The van der Waals surface area contributed by atoms with Crippen LogP contribution in [0.5, 0.6) is 0 Å². The molecule has 1 saturated heterocycles. The minimum atomic E-state index is -3.65. The summed E-state index contributed by atoms with van der Waals surface area (Å²) in [5.41, 5.74) is 0.590. The van der Waals surface area contributed by atoms with Gasteiger partial charge in [0.05, 0.1) is 35.0 Å². The van der Waals surface area contributed by atoms with Crippen LogP contribution in [0.2, 0.25) is 0 Å². The van der Waals surface area contributed by atoms with Gasteiger partial charge in [-0.3, -0.25) is 14.2 Å². The van der Waals surface area contributed by atoms with E-state index < -0.39 is 10.0 Å². The number of carbonyl (C=O) groups excluding carboxylic acids is 1. The lowest BCUT2D eigenvalue weighted by atomic mass is 9.99. The summed E-state index contributed by atoms with van der Waals surface area (Å²) in [5.74, 6) is -0.473. The molecule has 2 aromatic rings. The zero-order chi connectivity index (χ0) is 19.6. The van der Waals surface area contributed by atoms with Gasteiger partial charge in [-0.15, -0.1) is 0 Å². The Morgan fingerprint density at radius 3 is 2.78 bits per heavy atom. The maximum Gasteiger partial charge on any atom is 0.246 e. The third-order valence-electron chi connectivity index (χ3n) is 4.80. The molecule has 0 unspecified atom stereocenters. The minimum Gasteiger partial charge on any atom is -0.354 e. The van der Waals surface area contributed by atoms with Crippen LogP contribution in [0.1, 0.15) is 18.5 Å². The molecule has 0 aromatic carbocycles. The molecule has 1 atom stereocenters. The Balaban J connectivity index is 1.59. The predicted molar refractivity (Wildman–Crippen MR) is 102 cm³/mol. The number of hydrogen-bond acceptors (Lipinski definition) is 5. The van der Waals surface area contributed by atoms with Crippen molar-refractivity contribution in [3.63, 3.8) is 0 Å². The van der Waals surface area contributed by atoms with Crippen LogP contribution < -0.4 is 5.32 Å². The van der Waals surface area contributed by atoms with Gasteiger partial charge in [0.15, 0.2) is 0 Å². The second-order valence-electron chi connectivity index (χ2n) is 6.63. The summed E-state index contributed by atoms with van der Waals surface area (Å²) in [6.07, 6.45) is 6.22. The van der Waals surface area contributed by atoms with E-state index in [1.807, 2.05) is 6.20 Å². The van der Waals surface area contributed by atoms with E-state index in [0.29, 0.717) is 38.2 Å². The second-order valence-corrected chi connectivity index (χ2v) is 9.45. The van der Waals surface area contributed by atoms with Crippen molar-refractivity contribution in [2.75, 3.05) is 19.6 Å². The number of aryl methyl sites for hydroxylation is 1. The molecule has 27 heavy (non-hydrogen) atoms. The summed E-state index contributed by atoms with van der Waals surface area (Å²) >= 11 is 3.33. The van der Waals surface area contributed by atoms with Gasteiger partial charge < -0.3 is 5.32 Å². The van der Waals surface area contributed by atoms with Crippen LogP contribution >= 0.6 is 15.9 Å². The minimum absolute atomic E-state index is 0.121. The molecule has 0 saturated carbocycles. The van der Waals surface area contributed by atoms with E-state index in [0.717, 1.165) is 4.47 Å². The van der Waals surface area contributed by atoms with Gasteiger partial charge in [-0.2, -0.15) is 14.5 Å². The van der Waals surface area contributed by atoms with Gasteiger partial charge in [0.2, 0.25) is 15.9 Å². The number of carbonyl (C=O) groups is 1. The Hall–Kier alpha value is -1.72. The van der Waals surface area contributed by atoms with E-state index in [2.05, 4.69) is 31.4 Å². The van der Waals surface area contributed by atoms with Gasteiger partial charge in [-0.1, -0.05) is 0 Å². The van der Waals surface area contributed by atoms with Gasteiger partial charge in [-0.25, -0.2) is 8.42 Å². The van der Waals surface area contributed by atoms with E-state index in [9.17, 15) is 13.2 Å². The molecule has 0 spiro atoms. The molecular formula is C16H23BrN6O3S. The zero-order valence-electron chi connectivity index (χ0n) is 15.3. The fourth-order valence-electron chi connectivity index (χ4n) is 3.14. The monoisotopic (exact) mass is 458 g/mol. The van der Waals surface area contributed by atoms with Crippen molar-refractivity contribution < 1.29 is 13.2 Å². The number of rotatable bonds is 6. The Kier molecular flexibility index (Phi) is 6.02. The van der Waals surface area contributed by atoms with E-state index >= 15 is 0 Å². The molecule has 3 rings (SSSR count). The highest BCUT2D eigenvalue weighted by atomic mass is 79.9. The molecule has 1 fully saturated rings. The number of sulfonamides is 1. The van der Waals surface area contributed by atoms with Crippen molar-refractivity contribution in [2.45, 2.75) is 31.2 Å². The summed E-state index contributed by atoms with van der Waals surface area (Å²) in [7, 11) is -1.94. The van der Waals surface area contributed by atoms with Crippen LogP contribution in [0.4, 0.5) is 0 Å². The summed E-state index contributed by atoms with van der Waals surface area (Å²) in [6, 6.07) is 0. The molecule has 3 heterocycles. The number of nitrogens with zero attached hydrogens (tertiary/aromatic N) is 5. The topological polar surface area (TPSA) is 102 Å². The highest BCUT2D eigenvalue weighted by molar-refractivity contribution is 9.10. The summed E-state index contributed by atoms with van der Waals surface area (Å²) < 4.78 is 31.4. The first-order valence-electron chi connectivity index (χ1n) is 8.73. The summed E-state index contributed by atoms with van der Waals surface area (Å²) in [6.45, 7) is 3.33. The van der Waals surface area contributed by atoms with Crippen LogP contribution in [0.15, 0.2) is 28.0 Å². The first kappa shape index (κ1) is 20.0. The van der Waals surface area contributed by atoms with E-state index in [-0.39, 0.29) is 23.3 Å². The summed E-state index contributed by atoms with van der Waals surface area (Å²) in [4.78, 5) is 12.7. The van der Waals surface area contributed by atoms with Gasteiger partial charge in [-0.05, 0) is 35.7 Å². The van der Waals surface area contributed by atoms with Crippen molar-refractivity contribution in [3.05, 3.63) is 28.8 Å². The lowest BCUT2D eigenvalue weighted by Gasteiger charge is -2.31. The van der Waals surface area contributed by atoms with Gasteiger partial charge in [0, 0.05) is 32.9 Å². The van der Waals surface area contributed by atoms with Crippen LogP contribution in [0, 0.1) is 12.8 Å². The largest absolute Gasteiger partial charge is 0.354 e. The zero-order valence-corrected chi connectivity index (χ0v) is 17.7. The molecule has 1 aliphatic heterocycles. The number of piperidine rings is 1. The van der Waals surface area contributed by atoms with E-state index in [1.54, 1.807) is 24.9 Å². The highest BCUT2D eigenvalue weighted by Crippen LogP contribution is 2.25. The first-order chi connectivity index (χ1) is 12.8. The maximum absolute atomic E-state index is 12.9. The fourth-order valence-corrected chi connectivity index (χ4v) is 5.18. The molecule has 0 bridgehead atoms. The number of amides is 1. The number of hydrogen-bond donors (Lipinski definition) is 1. The van der Waals surface area contributed by atoms with E-state index in [1.165, 1.54) is 15.2 Å². The second kappa shape index (κ2) is 8.11.